The Kier molecular flexibility index (Phi) is 1.40. The molecule has 62 valence electrons. The van der Waals surface area contributed by atoms with Gasteiger partial charge in [0.15, 0.2) is 0 Å². The van der Waals surface area contributed by atoms with Gasteiger partial charge in [-0.1, -0.05) is 0 Å². The minimum atomic E-state index is 0.618. The highest BCUT2D eigenvalue weighted by Gasteiger charge is 2.10. The second-order valence-electron chi connectivity index (χ2n) is 2.45. The summed E-state index contributed by atoms with van der Waals surface area (Å²) in [4.78, 5) is 4.03. The fourth-order valence-electron chi connectivity index (χ4n) is 1.17. The largest absolute Gasteiger partial charge is 0.494 e. The molecule has 0 unspecified atom stereocenters. The number of methoxy groups -OCH3 is 1. The lowest BCUT2D eigenvalue weighted by atomic mass is 10.2. The van der Waals surface area contributed by atoms with Crippen LogP contribution in [-0.2, 0) is 0 Å². The number of rotatable bonds is 1. The summed E-state index contributed by atoms with van der Waals surface area (Å²) in [5.74, 6) is 0.618. The van der Waals surface area contributed by atoms with Gasteiger partial charge in [-0.05, 0) is 6.07 Å². The lowest BCUT2D eigenvalue weighted by Gasteiger charge is -2.07. The van der Waals surface area contributed by atoms with E-state index in [1.807, 2.05) is 6.07 Å². The highest BCUT2D eigenvalue weighted by molar-refractivity contribution is 5.67. The van der Waals surface area contributed by atoms with Crippen molar-refractivity contribution in [3.8, 4) is 17.0 Å². The third-order valence-electron chi connectivity index (χ3n) is 1.72. The molecule has 12 heavy (non-hydrogen) atoms. The van der Waals surface area contributed by atoms with Gasteiger partial charge in [0.05, 0.1) is 25.2 Å². The van der Waals surface area contributed by atoms with Gasteiger partial charge < -0.3 is 9.94 Å². The summed E-state index contributed by atoms with van der Waals surface area (Å²) >= 11 is 0. The van der Waals surface area contributed by atoms with Crippen LogP contribution < -0.4 is 4.74 Å². The number of pyridine rings is 1. The fourth-order valence-corrected chi connectivity index (χ4v) is 1.17. The number of fused-ring (bicyclic) bond motifs is 1. The monoisotopic (exact) mass is 164 g/mol. The molecule has 2 aliphatic heterocycles. The van der Waals surface area contributed by atoms with E-state index in [1.54, 1.807) is 13.3 Å². The van der Waals surface area contributed by atoms with Crippen molar-refractivity contribution >= 4 is 0 Å². The Balaban J connectivity index is 2.70. The van der Waals surface area contributed by atoms with Gasteiger partial charge in [0.1, 0.15) is 5.75 Å². The first kappa shape index (κ1) is 6.97. The van der Waals surface area contributed by atoms with E-state index in [2.05, 4.69) is 4.98 Å². The van der Waals surface area contributed by atoms with Crippen molar-refractivity contribution in [1.82, 2.24) is 9.71 Å². The Labute approximate surface area is 69.3 Å². The molecular formula is C8H8N2O2. The molecule has 0 radical (unpaired) electrons. The number of ether oxygens (including phenoxy) is 1. The van der Waals surface area contributed by atoms with E-state index >= 15 is 0 Å². The number of hydrogen-bond donors (Lipinski definition) is 1. The van der Waals surface area contributed by atoms with Crippen LogP contribution in [-0.4, -0.2) is 22.0 Å². The van der Waals surface area contributed by atoms with Crippen molar-refractivity contribution in [2.75, 3.05) is 7.11 Å². The molecule has 0 amide bonds. The summed E-state index contributed by atoms with van der Waals surface area (Å²) < 4.78 is 5.98. The fraction of sp³-hybridized carbons (Fsp3) is 0.125. The first-order valence-corrected chi connectivity index (χ1v) is 3.51. The smallest absolute Gasteiger partial charge is 0.148 e. The molecule has 0 aliphatic carbocycles. The molecule has 2 aliphatic rings. The van der Waals surface area contributed by atoms with Gasteiger partial charge in [0.2, 0.25) is 0 Å². The third-order valence-corrected chi connectivity index (χ3v) is 1.72. The van der Waals surface area contributed by atoms with E-state index < -0.39 is 0 Å². The van der Waals surface area contributed by atoms with Crippen LogP contribution in [0.5, 0.6) is 5.75 Å². The molecule has 0 aromatic rings. The average Bonchev–Trinajstić information content (AvgIpc) is 2.50. The summed E-state index contributed by atoms with van der Waals surface area (Å²) in [6.45, 7) is 0. The number of hydrogen-bond acceptors (Lipinski definition) is 3. The minimum absolute atomic E-state index is 0.618. The van der Waals surface area contributed by atoms with Gasteiger partial charge in [-0.15, -0.1) is 0 Å². The molecule has 0 aromatic heterocycles. The van der Waals surface area contributed by atoms with Crippen LogP contribution in [0.4, 0.5) is 0 Å². The van der Waals surface area contributed by atoms with E-state index in [4.69, 9.17) is 9.94 Å². The van der Waals surface area contributed by atoms with Gasteiger partial charge >= 0.3 is 0 Å². The SMILES string of the molecule is COc1cn(O)cc2nccc1-2. The predicted octanol–water partition coefficient (Wildman–Crippen LogP) is 1.23. The third kappa shape index (κ3) is 0.887. The molecule has 4 nitrogen and oxygen atoms in total. The normalized spacial score (nSPS) is 10.4. The van der Waals surface area contributed by atoms with Gasteiger partial charge in [-0.25, -0.2) is 0 Å². The molecule has 2 heterocycles. The second kappa shape index (κ2) is 2.41. The van der Waals surface area contributed by atoms with Crippen molar-refractivity contribution in [1.29, 1.82) is 0 Å². The first-order chi connectivity index (χ1) is 5.81. The summed E-state index contributed by atoms with van der Waals surface area (Å²) in [6, 6.07) is 1.84. The molecule has 2 rings (SSSR count). The Morgan fingerprint density at radius 1 is 1.50 bits per heavy atom. The van der Waals surface area contributed by atoms with Crippen molar-refractivity contribution in [2.45, 2.75) is 0 Å². The first-order valence-electron chi connectivity index (χ1n) is 3.51. The predicted molar refractivity (Wildman–Crippen MR) is 42.6 cm³/mol. The molecule has 1 N–H and O–H groups in total. The maximum atomic E-state index is 9.16. The molecule has 0 saturated heterocycles. The van der Waals surface area contributed by atoms with Crippen LogP contribution >= 0.6 is 0 Å². The molecule has 0 spiro atoms. The van der Waals surface area contributed by atoms with E-state index in [0.717, 1.165) is 16.0 Å². The zero-order chi connectivity index (χ0) is 8.55. The molecule has 0 aromatic carbocycles. The average molecular weight is 164 g/mol. The van der Waals surface area contributed by atoms with Crippen LogP contribution in [0.2, 0.25) is 0 Å². The van der Waals surface area contributed by atoms with Crippen molar-refractivity contribution in [2.24, 2.45) is 0 Å². The zero-order valence-corrected chi connectivity index (χ0v) is 6.56. The second-order valence-corrected chi connectivity index (χ2v) is 2.45. The van der Waals surface area contributed by atoms with E-state index in [1.165, 1.54) is 12.4 Å². The van der Waals surface area contributed by atoms with E-state index in [-0.39, 0.29) is 0 Å². The lowest BCUT2D eigenvalue weighted by molar-refractivity contribution is 0.181. The van der Waals surface area contributed by atoms with Gasteiger partial charge in [0, 0.05) is 11.8 Å². The topological polar surface area (TPSA) is 47.3 Å². The van der Waals surface area contributed by atoms with Crippen LogP contribution in [0.15, 0.2) is 24.7 Å². The summed E-state index contributed by atoms with van der Waals surface area (Å²) in [5.41, 5.74) is 1.62. The Morgan fingerprint density at radius 3 is 3.08 bits per heavy atom. The molecular weight excluding hydrogens is 156 g/mol. The quantitative estimate of drug-likeness (QED) is 0.645. The van der Waals surface area contributed by atoms with Crippen molar-refractivity contribution < 1.29 is 9.94 Å². The molecule has 0 atom stereocenters. The standard InChI is InChI=1S/C8H8N2O2/c1-12-8-5-10(11)4-7-6(8)2-3-9-7/h2-5,11H,1H3. The number of nitrogens with zero attached hydrogens (tertiary/aromatic N) is 2. The minimum Gasteiger partial charge on any atom is -0.494 e. The van der Waals surface area contributed by atoms with Gasteiger partial charge in [0.25, 0.3) is 0 Å². The molecule has 4 heteroatoms. The summed E-state index contributed by atoms with van der Waals surface area (Å²) in [5, 5.41) is 9.16. The van der Waals surface area contributed by atoms with Crippen LogP contribution in [0.25, 0.3) is 11.3 Å². The Bertz CT molecular complexity index is 370. The molecule has 0 bridgehead atoms. The van der Waals surface area contributed by atoms with Crippen molar-refractivity contribution in [3.63, 3.8) is 0 Å². The van der Waals surface area contributed by atoms with Gasteiger partial charge in [-0.2, -0.15) is 4.73 Å². The van der Waals surface area contributed by atoms with Crippen molar-refractivity contribution in [3.05, 3.63) is 24.7 Å². The van der Waals surface area contributed by atoms with Crippen LogP contribution in [0.3, 0.4) is 0 Å². The number of aromatic nitrogens is 2. The Hall–Kier alpha value is -1.71. The molecule has 0 fully saturated rings. The maximum Gasteiger partial charge on any atom is 0.148 e. The zero-order valence-electron chi connectivity index (χ0n) is 6.56. The maximum absolute atomic E-state index is 9.16. The van der Waals surface area contributed by atoms with Gasteiger partial charge in [-0.3, -0.25) is 4.98 Å². The summed E-state index contributed by atoms with van der Waals surface area (Å²) in [7, 11) is 1.56. The Morgan fingerprint density at radius 2 is 2.33 bits per heavy atom. The highest BCUT2D eigenvalue weighted by atomic mass is 16.5. The van der Waals surface area contributed by atoms with Crippen LogP contribution in [0, 0.1) is 0 Å². The van der Waals surface area contributed by atoms with Crippen LogP contribution in [0.1, 0.15) is 0 Å². The highest BCUT2D eigenvalue weighted by Crippen LogP contribution is 2.29. The summed E-state index contributed by atoms with van der Waals surface area (Å²) in [6.07, 6.45) is 4.69. The lowest BCUT2D eigenvalue weighted by Crippen LogP contribution is -1.96. The van der Waals surface area contributed by atoms with E-state index in [9.17, 15) is 0 Å². The molecule has 0 saturated carbocycles. The van der Waals surface area contributed by atoms with E-state index in [0.29, 0.717) is 5.75 Å².